The Morgan fingerprint density at radius 3 is 2.15 bits per heavy atom. The van der Waals surface area contributed by atoms with E-state index in [-0.39, 0.29) is 0 Å². The molecule has 2 rings (SSSR count). The van der Waals surface area contributed by atoms with Crippen LogP contribution < -0.4 is 10.2 Å². The number of benzene rings is 1. The predicted octanol–water partition coefficient (Wildman–Crippen LogP) is 3.38. The topological polar surface area (TPSA) is 31.4 Å². The Bertz CT molecular complexity index is 589. The molecule has 0 aliphatic rings. The third kappa shape index (κ3) is 3.60. The number of H-pyrrole nitrogens is 1. The molecule has 0 unspecified atom stereocenters. The lowest BCUT2D eigenvalue weighted by Gasteiger charge is -2.12. The van der Waals surface area contributed by atoms with Crippen LogP contribution in [0.3, 0.4) is 0 Å². The zero-order valence-corrected chi connectivity index (χ0v) is 13.9. The van der Waals surface area contributed by atoms with Gasteiger partial charge in [-0.05, 0) is 41.7 Å². The number of nitrogens with one attached hydrogen (secondary N) is 1. The van der Waals surface area contributed by atoms with Gasteiger partial charge in [0, 0.05) is 19.8 Å². The molecule has 4 heteroatoms. The van der Waals surface area contributed by atoms with Crippen molar-refractivity contribution in [1.29, 1.82) is 0 Å². The minimum Gasteiger partial charge on any atom is -0.378 e. The second kappa shape index (κ2) is 5.67. The average molecular weight is 285 g/mol. The quantitative estimate of drug-likeness (QED) is 0.678. The molecule has 0 spiro atoms. The first-order valence-electron chi connectivity index (χ1n) is 6.87. The Kier molecular flexibility index (Phi) is 4.14. The van der Waals surface area contributed by atoms with Gasteiger partial charge in [0.05, 0.1) is 25.7 Å². The van der Waals surface area contributed by atoms with Crippen molar-refractivity contribution in [3.8, 4) is 0 Å². The number of hydrogen-bond acceptors (Lipinski definition) is 2. The summed E-state index contributed by atoms with van der Waals surface area (Å²) >= 11 is 0. The Labute approximate surface area is 122 Å². The summed E-state index contributed by atoms with van der Waals surface area (Å²) in [5.41, 5.74) is 3.23. The standard InChI is InChI=1S/C16H23N3Si/c1-19(2)15-9-6-13(7-10-15)17-12-14-8-11-16(18-14)20(3,4)5/h6-12,18H,1-5H3/b17-12+. The first kappa shape index (κ1) is 14.6. The van der Waals surface area contributed by atoms with Crippen LogP contribution in [-0.2, 0) is 0 Å². The van der Waals surface area contributed by atoms with Gasteiger partial charge >= 0.3 is 0 Å². The van der Waals surface area contributed by atoms with E-state index in [4.69, 9.17) is 0 Å². The van der Waals surface area contributed by atoms with E-state index in [9.17, 15) is 0 Å². The van der Waals surface area contributed by atoms with Crippen LogP contribution in [0.4, 0.5) is 11.4 Å². The van der Waals surface area contributed by atoms with Crippen LogP contribution in [0.15, 0.2) is 41.4 Å². The lowest BCUT2D eigenvalue weighted by molar-refractivity contribution is 1.13. The molecule has 1 aromatic carbocycles. The summed E-state index contributed by atoms with van der Waals surface area (Å²) in [5, 5.41) is 1.36. The molecule has 0 bridgehead atoms. The van der Waals surface area contributed by atoms with Gasteiger partial charge in [-0.2, -0.15) is 0 Å². The van der Waals surface area contributed by atoms with Crippen molar-refractivity contribution in [2.24, 2.45) is 4.99 Å². The summed E-state index contributed by atoms with van der Waals surface area (Å²) in [5.74, 6) is 0. The van der Waals surface area contributed by atoms with Crippen molar-refractivity contribution in [2.75, 3.05) is 19.0 Å². The predicted molar refractivity (Wildman–Crippen MR) is 91.8 cm³/mol. The molecule has 0 saturated carbocycles. The molecule has 0 aliphatic carbocycles. The van der Waals surface area contributed by atoms with Crippen LogP contribution in [-0.4, -0.2) is 33.4 Å². The molecular formula is C16H23N3Si. The van der Waals surface area contributed by atoms with Crippen LogP contribution in [0.5, 0.6) is 0 Å². The number of aromatic nitrogens is 1. The van der Waals surface area contributed by atoms with Gasteiger partial charge < -0.3 is 9.88 Å². The van der Waals surface area contributed by atoms with Gasteiger partial charge in [-0.15, -0.1) is 0 Å². The molecule has 1 aromatic heterocycles. The maximum Gasteiger partial charge on any atom is 0.0981 e. The van der Waals surface area contributed by atoms with Crippen LogP contribution in [0.1, 0.15) is 5.69 Å². The van der Waals surface area contributed by atoms with E-state index < -0.39 is 8.07 Å². The maximum absolute atomic E-state index is 4.51. The van der Waals surface area contributed by atoms with Crippen molar-refractivity contribution < 1.29 is 0 Å². The molecule has 0 fully saturated rings. The highest BCUT2D eigenvalue weighted by Crippen LogP contribution is 2.17. The largest absolute Gasteiger partial charge is 0.378 e. The van der Waals surface area contributed by atoms with E-state index in [2.05, 4.69) is 58.8 Å². The lowest BCUT2D eigenvalue weighted by Crippen LogP contribution is -2.38. The Balaban J connectivity index is 2.11. The summed E-state index contributed by atoms with van der Waals surface area (Å²) in [6.45, 7) is 7.00. The van der Waals surface area contributed by atoms with Gasteiger partial charge in [0.15, 0.2) is 0 Å². The van der Waals surface area contributed by atoms with E-state index in [0.717, 1.165) is 11.4 Å². The molecule has 2 aromatic rings. The molecule has 1 N–H and O–H groups in total. The second-order valence-electron chi connectivity index (χ2n) is 6.25. The Morgan fingerprint density at radius 1 is 1.00 bits per heavy atom. The van der Waals surface area contributed by atoms with Crippen LogP contribution in [0.25, 0.3) is 0 Å². The number of nitrogens with zero attached hydrogens (tertiary/aromatic N) is 2. The fourth-order valence-corrected chi connectivity index (χ4v) is 3.01. The van der Waals surface area contributed by atoms with Gasteiger partial charge in [0.1, 0.15) is 0 Å². The van der Waals surface area contributed by atoms with Gasteiger partial charge in [0.2, 0.25) is 0 Å². The van der Waals surface area contributed by atoms with E-state index in [1.54, 1.807) is 0 Å². The monoisotopic (exact) mass is 285 g/mol. The number of aromatic amines is 1. The molecule has 3 nitrogen and oxygen atoms in total. The van der Waals surface area contributed by atoms with Gasteiger partial charge in [-0.1, -0.05) is 19.6 Å². The number of anilines is 1. The third-order valence-electron chi connectivity index (χ3n) is 3.24. The van der Waals surface area contributed by atoms with Crippen LogP contribution in [0, 0.1) is 0 Å². The van der Waals surface area contributed by atoms with Crippen molar-refractivity contribution >= 4 is 31.0 Å². The lowest BCUT2D eigenvalue weighted by atomic mass is 10.3. The minimum atomic E-state index is -1.26. The molecule has 0 radical (unpaired) electrons. The maximum atomic E-state index is 4.51. The SMILES string of the molecule is CN(C)c1ccc(/N=C/c2ccc([Si](C)(C)C)[nH]2)cc1. The minimum absolute atomic E-state index is 0.972. The highest BCUT2D eigenvalue weighted by Gasteiger charge is 2.17. The molecule has 106 valence electrons. The summed E-state index contributed by atoms with van der Waals surface area (Å²) in [6, 6.07) is 12.5. The van der Waals surface area contributed by atoms with Crippen molar-refractivity contribution in [3.63, 3.8) is 0 Å². The summed E-state index contributed by atoms with van der Waals surface area (Å²) in [4.78, 5) is 10.1. The molecule has 0 amide bonds. The van der Waals surface area contributed by atoms with Gasteiger partial charge in [-0.25, -0.2) is 0 Å². The van der Waals surface area contributed by atoms with Crippen LogP contribution in [0.2, 0.25) is 19.6 Å². The van der Waals surface area contributed by atoms with Crippen molar-refractivity contribution in [3.05, 3.63) is 42.1 Å². The summed E-state index contributed by atoms with van der Waals surface area (Å²) in [7, 11) is 2.81. The molecular weight excluding hydrogens is 262 g/mol. The molecule has 0 aliphatic heterocycles. The normalized spacial score (nSPS) is 12.1. The van der Waals surface area contributed by atoms with Crippen molar-refractivity contribution in [1.82, 2.24) is 4.98 Å². The summed E-state index contributed by atoms with van der Waals surface area (Å²) < 4.78 is 0. The number of rotatable bonds is 4. The zero-order valence-electron chi connectivity index (χ0n) is 12.9. The van der Waals surface area contributed by atoms with Crippen LogP contribution >= 0.6 is 0 Å². The highest BCUT2D eigenvalue weighted by atomic mass is 28.3. The van der Waals surface area contributed by atoms with Crippen molar-refractivity contribution in [2.45, 2.75) is 19.6 Å². The van der Waals surface area contributed by atoms with E-state index in [0.29, 0.717) is 0 Å². The number of hydrogen-bond donors (Lipinski definition) is 1. The van der Waals surface area contributed by atoms with E-state index >= 15 is 0 Å². The first-order valence-corrected chi connectivity index (χ1v) is 10.4. The first-order chi connectivity index (χ1) is 9.36. The number of aliphatic imine (C=N–C) groups is 1. The Morgan fingerprint density at radius 2 is 1.65 bits per heavy atom. The molecule has 0 saturated heterocycles. The molecule has 0 atom stereocenters. The molecule has 1 heterocycles. The Hall–Kier alpha value is -1.81. The fraction of sp³-hybridized carbons (Fsp3) is 0.312. The fourth-order valence-electron chi connectivity index (χ4n) is 1.91. The van der Waals surface area contributed by atoms with Gasteiger partial charge in [0.25, 0.3) is 0 Å². The van der Waals surface area contributed by atoms with Gasteiger partial charge in [-0.3, -0.25) is 4.99 Å². The average Bonchev–Trinajstić information content (AvgIpc) is 2.85. The van der Waals surface area contributed by atoms with E-state index in [1.807, 2.05) is 32.4 Å². The molecule has 20 heavy (non-hydrogen) atoms. The summed E-state index contributed by atoms with van der Waals surface area (Å²) in [6.07, 6.45) is 1.90. The second-order valence-corrected chi connectivity index (χ2v) is 11.3. The third-order valence-corrected chi connectivity index (χ3v) is 5.14. The zero-order chi connectivity index (χ0) is 14.8. The van der Waals surface area contributed by atoms with E-state index in [1.165, 1.54) is 11.0 Å². The highest BCUT2D eigenvalue weighted by molar-refractivity contribution is 6.88. The smallest absolute Gasteiger partial charge is 0.0981 e.